The standard InChI is InChI=1S/C42H81NO2/c1-4-6-8-10-12-14-16-18-19-20-21-22-23-24-25-27-29-31-33-35-37-39-42(45)43-40(3)41(44)38-36-34-32-30-28-26-17-15-13-11-9-7-5-2/h18-19,36,38,40-41,44H,4-17,20-35,37,39H2,1-3H3,(H,43,45)/b19-18-,38-36+/t40?,41-/m1/s1. The van der Waals surface area contributed by atoms with Crippen molar-refractivity contribution < 1.29 is 9.90 Å². The smallest absolute Gasteiger partial charge is 0.220 e. The van der Waals surface area contributed by atoms with Gasteiger partial charge in [-0.3, -0.25) is 4.79 Å². The van der Waals surface area contributed by atoms with Crippen molar-refractivity contribution in [2.45, 2.75) is 238 Å². The monoisotopic (exact) mass is 632 g/mol. The summed E-state index contributed by atoms with van der Waals surface area (Å²) < 4.78 is 0. The summed E-state index contributed by atoms with van der Waals surface area (Å²) in [5.41, 5.74) is 0. The van der Waals surface area contributed by atoms with Gasteiger partial charge in [0.15, 0.2) is 0 Å². The Morgan fingerprint density at radius 2 is 0.800 bits per heavy atom. The second-order valence-corrected chi connectivity index (χ2v) is 14.1. The molecule has 266 valence electrons. The number of rotatable bonds is 36. The molecule has 2 atom stereocenters. The lowest BCUT2D eigenvalue weighted by Crippen LogP contribution is -2.40. The second kappa shape index (κ2) is 37.4. The average molecular weight is 632 g/mol. The first-order valence-corrected chi connectivity index (χ1v) is 20.4. The highest BCUT2D eigenvalue weighted by molar-refractivity contribution is 5.76. The van der Waals surface area contributed by atoms with Gasteiger partial charge in [0, 0.05) is 6.42 Å². The van der Waals surface area contributed by atoms with Crippen LogP contribution in [0.25, 0.3) is 0 Å². The number of unbranched alkanes of at least 4 members (excludes halogenated alkanes) is 28. The molecule has 0 radical (unpaired) electrons. The Morgan fingerprint density at radius 1 is 0.489 bits per heavy atom. The zero-order chi connectivity index (χ0) is 32.9. The number of carbonyl (C=O) groups excluding carboxylic acids is 1. The maximum atomic E-state index is 12.3. The van der Waals surface area contributed by atoms with E-state index in [0.29, 0.717) is 6.42 Å². The van der Waals surface area contributed by atoms with Crippen LogP contribution >= 0.6 is 0 Å². The predicted octanol–water partition coefficient (Wildman–Crippen LogP) is 13.5. The zero-order valence-corrected chi connectivity index (χ0v) is 30.9. The van der Waals surface area contributed by atoms with Gasteiger partial charge >= 0.3 is 0 Å². The van der Waals surface area contributed by atoms with E-state index in [-0.39, 0.29) is 11.9 Å². The maximum Gasteiger partial charge on any atom is 0.220 e. The molecule has 3 nitrogen and oxygen atoms in total. The molecule has 0 aromatic heterocycles. The fraction of sp³-hybridized carbons (Fsp3) is 0.881. The van der Waals surface area contributed by atoms with Gasteiger partial charge in [0.2, 0.25) is 5.91 Å². The van der Waals surface area contributed by atoms with Crippen LogP contribution in [0.1, 0.15) is 226 Å². The molecule has 1 unspecified atom stereocenters. The number of carbonyl (C=O) groups is 1. The Hall–Kier alpha value is -1.09. The number of aliphatic hydroxyl groups is 1. The molecule has 0 aromatic carbocycles. The van der Waals surface area contributed by atoms with Crippen LogP contribution in [0.15, 0.2) is 24.3 Å². The van der Waals surface area contributed by atoms with Gasteiger partial charge in [0.1, 0.15) is 0 Å². The largest absolute Gasteiger partial charge is 0.387 e. The molecule has 0 rings (SSSR count). The van der Waals surface area contributed by atoms with Crippen molar-refractivity contribution in [1.82, 2.24) is 5.32 Å². The molecule has 1 amide bonds. The van der Waals surface area contributed by atoms with E-state index in [1.807, 2.05) is 13.0 Å². The van der Waals surface area contributed by atoms with Gasteiger partial charge in [-0.15, -0.1) is 0 Å². The van der Waals surface area contributed by atoms with Crippen molar-refractivity contribution in [2.24, 2.45) is 0 Å². The average Bonchev–Trinajstić information content (AvgIpc) is 3.03. The molecule has 0 saturated carbocycles. The van der Waals surface area contributed by atoms with Crippen LogP contribution in [0.5, 0.6) is 0 Å². The lowest BCUT2D eigenvalue weighted by Gasteiger charge is -2.17. The summed E-state index contributed by atoms with van der Waals surface area (Å²) in [6, 6.07) is -0.225. The molecule has 0 aliphatic rings. The van der Waals surface area contributed by atoms with E-state index in [2.05, 4.69) is 37.4 Å². The molecule has 0 saturated heterocycles. The van der Waals surface area contributed by atoms with Crippen molar-refractivity contribution in [3.05, 3.63) is 24.3 Å². The van der Waals surface area contributed by atoms with Gasteiger partial charge in [-0.1, -0.05) is 192 Å². The predicted molar refractivity (Wildman–Crippen MR) is 201 cm³/mol. The van der Waals surface area contributed by atoms with Crippen LogP contribution in [0.3, 0.4) is 0 Å². The number of nitrogens with one attached hydrogen (secondary N) is 1. The Balaban J connectivity index is 3.44. The van der Waals surface area contributed by atoms with Gasteiger partial charge in [-0.05, 0) is 51.9 Å². The summed E-state index contributed by atoms with van der Waals surface area (Å²) in [6.07, 6.45) is 49.8. The SMILES string of the molecule is CCCCCCCC/C=C\CCCCCCCCCCCCCC(=O)NC(C)[C@H](O)/C=C/CCCCCCCCCCCCC. The third-order valence-electron chi connectivity index (χ3n) is 9.37. The van der Waals surface area contributed by atoms with Crippen LogP contribution in [-0.2, 0) is 4.79 Å². The number of hydrogen-bond donors (Lipinski definition) is 2. The summed E-state index contributed by atoms with van der Waals surface area (Å²) in [5.74, 6) is 0.0774. The van der Waals surface area contributed by atoms with E-state index >= 15 is 0 Å². The van der Waals surface area contributed by atoms with Crippen LogP contribution in [0.4, 0.5) is 0 Å². The highest BCUT2D eigenvalue weighted by Crippen LogP contribution is 2.14. The Morgan fingerprint density at radius 3 is 1.18 bits per heavy atom. The third kappa shape index (κ3) is 35.6. The van der Waals surface area contributed by atoms with Crippen molar-refractivity contribution in [3.63, 3.8) is 0 Å². The summed E-state index contributed by atoms with van der Waals surface area (Å²) in [7, 11) is 0. The molecule has 0 spiro atoms. The summed E-state index contributed by atoms with van der Waals surface area (Å²) in [4.78, 5) is 12.3. The molecular formula is C42H81NO2. The topological polar surface area (TPSA) is 49.3 Å². The molecular weight excluding hydrogens is 550 g/mol. The van der Waals surface area contributed by atoms with Gasteiger partial charge in [-0.25, -0.2) is 0 Å². The minimum atomic E-state index is -0.599. The van der Waals surface area contributed by atoms with Gasteiger partial charge < -0.3 is 10.4 Å². The Labute approximate surface area is 283 Å². The lowest BCUT2D eigenvalue weighted by molar-refractivity contribution is -0.122. The molecule has 3 heteroatoms. The molecule has 0 bridgehead atoms. The number of allylic oxidation sites excluding steroid dienone is 3. The number of amides is 1. The first kappa shape index (κ1) is 43.9. The number of hydrogen-bond acceptors (Lipinski definition) is 2. The molecule has 0 heterocycles. The zero-order valence-electron chi connectivity index (χ0n) is 30.9. The Kier molecular flexibility index (Phi) is 36.5. The van der Waals surface area contributed by atoms with E-state index < -0.39 is 6.10 Å². The maximum absolute atomic E-state index is 12.3. The van der Waals surface area contributed by atoms with E-state index in [9.17, 15) is 9.90 Å². The van der Waals surface area contributed by atoms with E-state index in [1.165, 1.54) is 180 Å². The van der Waals surface area contributed by atoms with Crippen molar-refractivity contribution in [2.75, 3.05) is 0 Å². The van der Waals surface area contributed by atoms with E-state index in [0.717, 1.165) is 19.3 Å². The molecule has 2 N–H and O–H groups in total. The minimum absolute atomic E-state index is 0.0774. The van der Waals surface area contributed by atoms with Crippen LogP contribution in [0, 0.1) is 0 Å². The first-order valence-electron chi connectivity index (χ1n) is 20.4. The molecule has 45 heavy (non-hydrogen) atoms. The third-order valence-corrected chi connectivity index (χ3v) is 9.37. The van der Waals surface area contributed by atoms with Gasteiger partial charge in [0.25, 0.3) is 0 Å². The highest BCUT2D eigenvalue weighted by atomic mass is 16.3. The van der Waals surface area contributed by atoms with Gasteiger partial charge in [-0.2, -0.15) is 0 Å². The fourth-order valence-electron chi connectivity index (χ4n) is 6.16. The van der Waals surface area contributed by atoms with Crippen LogP contribution < -0.4 is 5.32 Å². The number of aliphatic hydroxyl groups excluding tert-OH is 1. The lowest BCUT2D eigenvalue weighted by atomic mass is 10.0. The fourth-order valence-corrected chi connectivity index (χ4v) is 6.16. The van der Waals surface area contributed by atoms with Crippen LogP contribution in [-0.4, -0.2) is 23.2 Å². The van der Waals surface area contributed by atoms with Crippen molar-refractivity contribution in [1.29, 1.82) is 0 Å². The highest BCUT2D eigenvalue weighted by Gasteiger charge is 2.13. The molecule has 0 aliphatic carbocycles. The summed E-state index contributed by atoms with van der Waals surface area (Å²) >= 11 is 0. The van der Waals surface area contributed by atoms with E-state index in [1.54, 1.807) is 0 Å². The van der Waals surface area contributed by atoms with Crippen molar-refractivity contribution >= 4 is 5.91 Å². The minimum Gasteiger partial charge on any atom is -0.387 e. The van der Waals surface area contributed by atoms with E-state index in [4.69, 9.17) is 0 Å². The molecule has 0 aliphatic heterocycles. The molecule has 0 fully saturated rings. The quantitative estimate of drug-likeness (QED) is 0.0534. The normalized spacial score (nSPS) is 13.2. The first-order chi connectivity index (χ1) is 22.1. The second-order valence-electron chi connectivity index (χ2n) is 14.1. The molecule has 0 aromatic rings. The summed E-state index contributed by atoms with van der Waals surface area (Å²) in [5, 5.41) is 13.4. The van der Waals surface area contributed by atoms with Crippen LogP contribution in [0.2, 0.25) is 0 Å². The van der Waals surface area contributed by atoms with Gasteiger partial charge in [0.05, 0.1) is 12.1 Å². The van der Waals surface area contributed by atoms with Crippen molar-refractivity contribution in [3.8, 4) is 0 Å². The Bertz CT molecular complexity index is 643. The summed E-state index contributed by atoms with van der Waals surface area (Å²) in [6.45, 7) is 6.47.